The molecule has 0 bridgehead atoms. The van der Waals surface area contributed by atoms with Crippen molar-refractivity contribution in [1.82, 2.24) is 4.98 Å². The lowest BCUT2D eigenvalue weighted by molar-refractivity contribution is -0.116. The van der Waals surface area contributed by atoms with Crippen LogP contribution in [0.1, 0.15) is 25.1 Å². The summed E-state index contributed by atoms with van der Waals surface area (Å²) in [5.41, 5.74) is 1.50. The van der Waals surface area contributed by atoms with Crippen LogP contribution in [-0.4, -0.2) is 17.5 Å². The Labute approximate surface area is 137 Å². The molecule has 0 saturated heterocycles. The number of hydrogen-bond acceptors (Lipinski definition) is 4. The van der Waals surface area contributed by atoms with Gasteiger partial charge in [-0.3, -0.25) is 4.79 Å². The molecule has 1 N–H and O–H groups in total. The number of halogens is 2. The van der Waals surface area contributed by atoms with Gasteiger partial charge in [-0.25, -0.2) is 4.98 Å². The molecule has 1 aromatic heterocycles. The maximum Gasteiger partial charge on any atom is 0.387 e. The van der Waals surface area contributed by atoms with Gasteiger partial charge in [0, 0.05) is 16.9 Å². The Bertz CT molecular complexity index is 669. The highest BCUT2D eigenvalue weighted by atomic mass is 32.1. The summed E-state index contributed by atoms with van der Waals surface area (Å²) < 4.78 is 28.6. The number of amides is 1. The minimum Gasteiger partial charge on any atom is -0.435 e. The minimum atomic E-state index is -2.84. The van der Waals surface area contributed by atoms with Crippen LogP contribution in [0.2, 0.25) is 0 Å². The van der Waals surface area contributed by atoms with Crippen molar-refractivity contribution < 1.29 is 18.3 Å². The Balaban J connectivity index is 2.13. The third kappa shape index (κ3) is 4.99. The number of anilines is 1. The zero-order valence-corrected chi connectivity index (χ0v) is 13.9. The highest BCUT2D eigenvalue weighted by Gasteiger charge is 2.13. The van der Waals surface area contributed by atoms with E-state index in [-0.39, 0.29) is 17.6 Å². The molecular formula is C16H18F2N2O2S. The lowest BCUT2D eigenvalue weighted by Gasteiger charge is -2.05. The quantitative estimate of drug-likeness (QED) is 0.829. The van der Waals surface area contributed by atoms with E-state index in [1.54, 1.807) is 12.1 Å². The number of rotatable bonds is 6. The van der Waals surface area contributed by atoms with Crippen LogP contribution in [0.3, 0.4) is 0 Å². The van der Waals surface area contributed by atoms with Gasteiger partial charge in [0.25, 0.3) is 0 Å². The maximum atomic E-state index is 12.2. The van der Waals surface area contributed by atoms with Crippen LogP contribution < -0.4 is 10.1 Å². The predicted octanol–water partition coefficient (Wildman–Crippen LogP) is 4.70. The van der Waals surface area contributed by atoms with E-state index < -0.39 is 6.61 Å². The first-order valence-electron chi connectivity index (χ1n) is 7.17. The summed E-state index contributed by atoms with van der Waals surface area (Å²) in [4.78, 5) is 17.1. The van der Waals surface area contributed by atoms with Crippen molar-refractivity contribution in [3.05, 3.63) is 29.1 Å². The molecule has 4 nitrogen and oxygen atoms in total. The number of alkyl halides is 2. The molecule has 0 aliphatic heterocycles. The monoisotopic (exact) mass is 340 g/mol. The second kappa shape index (κ2) is 7.50. The number of thiazole rings is 1. The van der Waals surface area contributed by atoms with E-state index in [0.717, 1.165) is 16.1 Å². The van der Waals surface area contributed by atoms with Crippen molar-refractivity contribution in [2.24, 2.45) is 5.92 Å². The van der Waals surface area contributed by atoms with E-state index in [2.05, 4.69) is 15.0 Å². The average Bonchev–Trinajstić information content (AvgIpc) is 2.78. The zero-order valence-electron chi connectivity index (χ0n) is 13.1. The van der Waals surface area contributed by atoms with E-state index in [1.165, 1.54) is 23.5 Å². The van der Waals surface area contributed by atoms with E-state index in [1.807, 2.05) is 20.8 Å². The van der Waals surface area contributed by atoms with Crippen molar-refractivity contribution in [2.75, 3.05) is 5.32 Å². The van der Waals surface area contributed by atoms with E-state index in [9.17, 15) is 13.6 Å². The molecule has 0 atom stereocenters. The SMILES string of the molecule is Cc1sc(NC(=O)CC(C)C)nc1-c1ccc(OC(F)F)cc1. The largest absolute Gasteiger partial charge is 0.435 e. The molecule has 7 heteroatoms. The first kappa shape index (κ1) is 17.3. The van der Waals surface area contributed by atoms with Crippen molar-refractivity contribution in [3.8, 4) is 17.0 Å². The molecule has 2 aromatic rings. The normalized spacial score (nSPS) is 11.1. The topological polar surface area (TPSA) is 51.2 Å². The number of hydrogen-bond donors (Lipinski definition) is 1. The van der Waals surface area contributed by atoms with Gasteiger partial charge in [-0.15, -0.1) is 11.3 Å². The third-order valence-electron chi connectivity index (χ3n) is 2.99. The predicted molar refractivity (Wildman–Crippen MR) is 87.0 cm³/mol. The molecule has 0 aliphatic carbocycles. The van der Waals surface area contributed by atoms with Crippen LogP contribution >= 0.6 is 11.3 Å². The molecule has 1 amide bonds. The number of aromatic nitrogens is 1. The van der Waals surface area contributed by atoms with Crippen LogP contribution in [0.5, 0.6) is 5.75 Å². The highest BCUT2D eigenvalue weighted by molar-refractivity contribution is 7.16. The fraction of sp³-hybridized carbons (Fsp3) is 0.375. The standard InChI is InChI=1S/C16H18F2N2O2S/c1-9(2)8-13(21)19-16-20-14(10(3)23-16)11-4-6-12(7-5-11)22-15(17)18/h4-7,9,15H,8H2,1-3H3,(H,19,20,21). The van der Waals surface area contributed by atoms with Crippen molar-refractivity contribution >= 4 is 22.4 Å². The smallest absolute Gasteiger partial charge is 0.387 e. The molecular weight excluding hydrogens is 322 g/mol. The van der Waals surface area contributed by atoms with Crippen molar-refractivity contribution in [3.63, 3.8) is 0 Å². The molecule has 2 rings (SSSR count). The van der Waals surface area contributed by atoms with E-state index >= 15 is 0 Å². The summed E-state index contributed by atoms with van der Waals surface area (Å²) in [7, 11) is 0. The summed E-state index contributed by atoms with van der Waals surface area (Å²) in [6.07, 6.45) is 0.438. The second-order valence-corrected chi connectivity index (χ2v) is 6.68. The maximum absolute atomic E-state index is 12.2. The molecule has 0 radical (unpaired) electrons. The molecule has 1 aromatic carbocycles. The molecule has 124 valence electrons. The van der Waals surface area contributed by atoms with Crippen LogP contribution in [0.15, 0.2) is 24.3 Å². The van der Waals surface area contributed by atoms with Gasteiger partial charge in [0.15, 0.2) is 5.13 Å². The van der Waals surface area contributed by atoms with E-state index in [0.29, 0.717) is 11.6 Å². The second-order valence-electron chi connectivity index (χ2n) is 5.47. The Morgan fingerprint density at radius 3 is 2.52 bits per heavy atom. The Morgan fingerprint density at radius 2 is 1.96 bits per heavy atom. The molecule has 0 aliphatic rings. The highest BCUT2D eigenvalue weighted by Crippen LogP contribution is 2.31. The number of benzene rings is 1. The Hall–Kier alpha value is -2.02. The number of ether oxygens (including phenoxy) is 1. The summed E-state index contributed by atoms with van der Waals surface area (Å²) in [5.74, 6) is 0.306. The Kier molecular flexibility index (Phi) is 5.65. The number of aryl methyl sites for hydroxylation is 1. The van der Waals surface area contributed by atoms with Gasteiger partial charge in [-0.05, 0) is 37.1 Å². The van der Waals surface area contributed by atoms with Crippen LogP contribution in [0.25, 0.3) is 11.3 Å². The zero-order chi connectivity index (χ0) is 17.0. The molecule has 0 fully saturated rings. The number of carbonyl (C=O) groups is 1. The molecule has 0 unspecified atom stereocenters. The van der Waals surface area contributed by atoms with Crippen LogP contribution in [-0.2, 0) is 4.79 Å². The molecule has 23 heavy (non-hydrogen) atoms. The average molecular weight is 340 g/mol. The van der Waals surface area contributed by atoms with Gasteiger partial charge < -0.3 is 10.1 Å². The van der Waals surface area contributed by atoms with Gasteiger partial charge in [-0.2, -0.15) is 8.78 Å². The third-order valence-corrected chi connectivity index (χ3v) is 3.88. The number of carbonyl (C=O) groups excluding carboxylic acids is 1. The van der Waals surface area contributed by atoms with Gasteiger partial charge >= 0.3 is 6.61 Å². The van der Waals surface area contributed by atoms with Gasteiger partial charge in [0.2, 0.25) is 5.91 Å². The Morgan fingerprint density at radius 1 is 1.30 bits per heavy atom. The van der Waals surface area contributed by atoms with Crippen LogP contribution in [0, 0.1) is 12.8 Å². The summed E-state index contributed by atoms with van der Waals surface area (Å²) >= 11 is 1.39. The van der Waals surface area contributed by atoms with E-state index in [4.69, 9.17) is 0 Å². The molecule has 0 spiro atoms. The van der Waals surface area contributed by atoms with Crippen molar-refractivity contribution in [2.45, 2.75) is 33.8 Å². The molecule has 1 heterocycles. The lowest BCUT2D eigenvalue weighted by atomic mass is 10.1. The fourth-order valence-electron chi connectivity index (χ4n) is 2.05. The van der Waals surface area contributed by atoms with Gasteiger partial charge in [0.1, 0.15) is 5.75 Å². The lowest BCUT2D eigenvalue weighted by Crippen LogP contribution is -2.13. The summed E-state index contributed by atoms with van der Waals surface area (Å²) in [6.45, 7) is 3.00. The summed E-state index contributed by atoms with van der Waals surface area (Å²) in [6, 6.07) is 6.27. The van der Waals surface area contributed by atoms with Gasteiger partial charge in [-0.1, -0.05) is 13.8 Å². The first-order valence-corrected chi connectivity index (χ1v) is 7.99. The number of nitrogens with zero attached hydrogens (tertiary/aromatic N) is 1. The fourth-order valence-corrected chi connectivity index (χ4v) is 2.91. The first-order chi connectivity index (χ1) is 10.8. The minimum absolute atomic E-state index is 0.0685. The summed E-state index contributed by atoms with van der Waals surface area (Å²) in [5, 5.41) is 3.32. The number of nitrogens with one attached hydrogen (secondary N) is 1. The van der Waals surface area contributed by atoms with Gasteiger partial charge in [0.05, 0.1) is 5.69 Å². The van der Waals surface area contributed by atoms with Crippen molar-refractivity contribution in [1.29, 1.82) is 0 Å². The van der Waals surface area contributed by atoms with Crippen LogP contribution in [0.4, 0.5) is 13.9 Å². The molecule has 0 saturated carbocycles.